The number of ether oxygens (including phenoxy) is 1. The first-order valence-corrected chi connectivity index (χ1v) is 7.23. The van der Waals surface area contributed by atoms with E-state index in [4.69, 9.17) is 4.74 Å². The first kappa shape index (κ1) is 14.3. The van der Waals surface area contributed by atoms with Crippen LogP contribution in [-0.4, -0.2) is 32.1 Å². The van der Waals surface area contributed by atoms with Crippen molar-refractivity contribution in [1.29, 1.82) is 0 Å². The van der Waals surface area contributed by atoms with E-state index < -0.39 is 0 Å². The van der Waals surface area contributed by atoms with Gasteiger partial charge in [0.25, 0.3) is 0 Å². The third-order valence-electron chi connectivity index (χ3n) is 3.85. The van der Waals surface area contributed by atoms with E-state index >= 15 is 0 Å². The second-order valence-corrected chi connectivity index (χ2v) is 5.23. The molecule has 0 amide bonds. The maximum atomic E-state index is 5.19. The monoisotopic (exact) mass is 297 g/mol. The molecule has 0 saturated heterocycles. The van der Waals surface area contributed by atoms with Crippen LogP contribution < -0.4 is 4.74 Å². The van der Waals surface area contributed by atoms with Gasteiger partial charge in [0.05, 0.1) is 12.8 Å². The first-order chi connectivity index (χ1) is 10.7. The van der Waals surface area contributed by atoms with E-state index in [1.165, 1.54) is 5.56 Å². The van der Waals surface area contributed by atoms with Crippen LogP contribution in [-0.2, 0) is 12.8 Å². The maximum absolute atomic E-state index is 5.19. The van der Waals surface area contributed by atoms with Crippen LogP contribution in [0.1, 0.15) is 22.8 Å². The quantitative estimate of drug-likeness (QED) is 0.785. The van der Waals surface area contributed by atoms with Gasteiger partial charge in [0.15, 0.2) is 0 Å². The van der Waals surface area contributed by atoms with E-state index in [1.54, 1.807) is 13.4 Å². The van der Waals surface area contributed by atoms with Crippen LogP contribution in [0.2, 0.25) is 0 Å². The fraction of sp³-hybridized carbons (Fsp3) is 0.312. The number of aromatic nitrogens is 5. The third kappa shape index (κ3) is 2.72. The fourth-order valence-corrected chi connectivity index (χ4v) is 2.57. The molecule has 6 nitrogen and oxygen atoms in total. The van der Waals surface area contributed by atoms with Crippen molar-refractivity contribution in [2.45, 2.75) is 26.7 Å². The number of aryl methyl sites for hydroxylation is 3. The molecule has 0 aliphatic carbocycles. The maximum Gasteiger partial charge on any atom is 0.137 e. The van der Waals surface area contributed by atoms with Gasteiger partial charge in [0.1, 0.15) is 17.9 Å². The topological polar surface area (TPSA) is 68.6 Å². The highest BCUT2D eigenvalue weighted by Crippen LogP contribution is 2.17. The predicted octanol–water partition coefficient (Wildman–Crippen LogP) is 2.40. The lowest BCUT2D eigenvalue weighted by molar-refractivity contribution is 0.414. The Labute approximate surface area is 129 Å². The molecule has 3 aromatic rings. The molecule has 6 heteroatoms. The summed E-state index contributed by atoms with van der Waals surface area (Å²) in [5.74, 6) is 1.77. The first-order valence-electron chi connectivity index (χ1n) is 7.23. The lowest BCUT2D eigenvalue weighted by Gasteiger charge is -2.08. The Balaban J connectivity index is 1.80. The van der Waals surface area contributed by atoms with E-state index in [2.05, 4.69) is 20.4 Å². The minimum Gasteiger partial charge on any atom is -0.497 e. The summed E-state index contributed by atoms with van der Waals surface area (Å²) >= 11 is 0. The summed E-state index contributed by atoms with van der Waals surface area (Å²) in [4.78, 5) is 0. The van der Waals surface area contributed by atoms with Crippen LogP contribution in [0.15, 0.2) is 30.6 Å². The summed E-state index contributed by atoms with van der Waals surface area (Å²) in [7, 11) is 1.66. The van der Waals surface area contributed by atoms with Gasteiger partial charge in [0.2, 0.25) is 0 Å². The summed E-state index contributed by atoms with van der Waals surface area (Å²) < 4.78 is 7.19. The minimum absolute atomic E-state index is 0.813. The Kier molecular flexibility index (Phi) is 3.91. The molecule has 0 unspecified atom stereocenters. The number of rotatable bonds is 5. The molecule has 22 heavy (non-hydrogen) atoms. The second-order valence-electron chi connectivity index (χ2n) is 5.23. The number of hydrogen-bond donors (Lipinski definition) is 1. The largest absolute Gasteiger partial charge is 0.497 e. The average molecular weight is 297 g/mol. The molecular formula is C16H19N5O. The van der Waals surface area contributed by atoms with Gasteiger partial charge in [-0.3, -0.25) is 9.67 Å². The molecule has 0 bridgehead atoms. The van der Waals surface area contributed by atoms with Crippen LogP contribution >= 0.6 is 0 Å². The highest BCUT2D eigenvalue weighted by atomic mass is 16.5. The van der Waals surface area contributed by atoms with Crippen LogP contribution in [0.3, 0.4) is 0 Å². The number of nitrogens with one attached hydrogen (secondary N) is 1. The van der Waals surface area contributed by atoms with Crippen molar-refractivity contribution in [2.24, 2.45) is 0 Å². The third-order valence-corrected chi connectivity index (χ3v) is 3.85. The van der Waals surface area contributed by atoms with Gasteiger partial charge < -0.3 is 4.74 Å². The summed E-state index contributed by atoms with van der Waals surface area (Å²) in [6.45, 7) is 4.07. The Morgan fingerprint density at radius 2 is 1.91 bits per heavy atom. The number of methoxy groups -OCH3 is 1. The predicted molar refractivity (Wildman–Crippen MR) is 83.4 cm³/mol. The zero-order valence-corrected chi connectivity index (χ0v) is 13.0. The Bertz CT molecular complexity index is 738. The molecule has 0 radical (unpaired) electrons. The van der Waals surface area contributed by atoms with Crippen molar-refractivity contribution in [3.63, 3.8) is 0 Å². The lowest BCUT2D eigenvalue weighted by Crippen LogP contribution is -2.03. The molecule has 1 aromatic carbocycles. The highest BCUT2D eigenvalue weighted by molar-refractivity contribution is 5.38. The number of aromatic amines is 1. The van der Waals surface area contributed by atoms with Crippen LogP contribution in [0.25, 0.3) is 5.69 Å². The number of H-pyrrole nitrogens is 1. The van der Waals surface area contributed by atoms with E-state index in [0.717, 1.165) is 41.5 Å². The molecular weight excluding hydrogens is 278 g/mol. The van der Waals surface area contributed by atoms with E-state index in [9.17, 15) is 0 Å². The van der Waals surface area contributed by atoms with Crippen molar-refractivity contribution in [2.75, 3.05) is 7.11 Å². The molecule has 0 aliphatic rings. The molecule has 3 rings (SSSR count). The number of hydrogen-bond acceptors (Lipinski definition) is 4. The molecule has 0 saturated carbocycles. The zero-order valence-electron chi connectivity index (χ0n) is 13.0. The second kappa shape index (κ2) is 6.01. The molecule has 0 fully saturated rings. The summed E-state index contributed by atoms with van der Waals surface area (Å²) in [5, 5.41) is 15.5. The molecule has 114 valence electrons. The fourth-order valence-electron chi connectivity index (χ4n) is 2.57. The summed E-state index contributed by atoms with van der Waals surface area (Å²) in [5.41, 5.74) is 4.45. The Morgan fingerprint density at radius 1 is 1.14 bits per heavy atom. The summed E-state index contributed by atoms with van der Waals surface area (Å²) in [6, 6.07) is 7.87. The van der Waals surface area contributed by atoms with Gasteiger partial charge in [-0.1, -0.05) is 0 Å². The molecule has 0 atom stereocenters. The Hall–Kier alpha value is -2.63. The Morgan fingerprint density at radius 3 is 2.55 bits per heavy atom. The van der Waals surface area contributed by atoms with Crippen LogP contribution in [0, 0.1) is 13.8 Å². The van der Waals surface area contributed by atoms with Gasteiger partial charge in [-0.15, -0.1) is 10.2 Å². The standard InChI is InChI=1S/C16H19N5O/c1-11-15(12(2)19-18-11)8-9-16-20-17-10-21(16)13-4-6-14(22-3)7-5-13/h4-7,10H,8-9H2,1-3H3,(H,18,19). The van der Waals surface area contributed by atoms with Gasteiger partial charge in [-0.25, -0.2) is 0 Å². The van der Waals surface area contributed by atoms with Gasteiger partial charge >= 0.3 is 0 Å². The normalized spacial score (nSPS) is 10.9. The van der Waals surface area contributed by atoms with Crippen LogP contribution in [0.4, 0.5) is 0 Å². The molecule has 0 aliphatic heterocycles. The molecule has 2 aromatic heterocycles. The van der Waals surface area contributed by atoms with E-state index in [1.807, 2.05) is 42.7 Å². The molecule has 0 spiro atoms. The molecule has 1 N–H and O–H groups in total. The average Bonchev–Trinajstić information content (AvgIpc) is 3.13. The van der Waals surface area contributed by atoms with Crippen molar-refractivity contribution in [3.8, 4) is 11.4 Å². The van der Waals surface area contributed by atoms with Gasteiger partial charge in [-0.2, -0.15) is 5.10 Å². The van der Waals surface area contributed by atoms with Gasteiger partial charge in [-0.05, 0) is 50.1 Å². The summed E-state index contributed by atoms with van der Waals surface area (Å²) in [6.07, 6.45) is 3.45. The van der Waals surface area contributed by atoms with Crippen molar-refractivity contribution >= 4 is 0 Å². The van der Waals surface area contributed by atoms with Crippen molar-refractivity contribution < 1.29 is 4.74 Å². The lowest BCUT2D eigenvalue weighted by atomic mass is 10.1. The van der Waals surface area contributed by atoms with Crippen molar-refractivity contribution in [3.05, 3.63) is 53.4 Å². The van der Waals surface area contributed by atoms with E-state index in [0.29, 0.717) is 0 Å². The van der Waals surface area contributed by atoms with E-state index in [-0.39, 0.29) is 0 Å². The molecule has 2 heterocycles. The number of nitrogens with zero attached hydrogens (tertiary/aromatic N) is 4. The minimum atomic E-state index is 0.813. The smallest absolute Gasteiger partial charge is 0.137 e. The number of benzene rings is 1. The van der Waals surface area contributed by atoms with Crippen molar-refractivity contribution in [1.82, 2.24) is 25.0 Å². The van der Waals surface area contributed by atoms with Crippen LogP contribution in [0.5, 0.6) is 5.75 Å². The SMILES string of the molecule is COc1ccc(-n2cnnc2CCc2c(C)n[nH]c2C)cc1. The zero-order chi connectivity index (χ0) is 15.5. The van der Waals surface area contributed by atoms with Gasteiger partial charge in [0, 0.05) is 17.8 Å². The highest BCUT2D eigenvalue weighted by Gasteiger charge is 2.11.